The molecule has 180 valence electrons. The number of nitriles is 1. The first-order valence-corrected chi connectivity index (χ1v) is 12.4. The number of rotatable bonds is 7. The van der Waals surface area contributed by atoms with Gasteiger partial charge in [-0.15, -0.1) is 11.3 Å². The zero-order valence-corrected chi connectivity index (χ0v) is 19.6. The molecule has 2 heterocycles. The van der Waals surface area contributed by atoms with Gasteiger partial charge in [-0.1, -0.05) is 0 Å². The van der Waals surface area contributed by atoms with Crippen LogP contribution in [0.15, 0.2) is 64.3 Å². The highest BCUT2D eigenvalue weighted by Crippen LogP contribution is 2.33. The number of hydrogen-bond acceptors (Lipinski definition) is 7. The van der Waals surface area contributed by atoms with Crippen LogP contribution in [-0.2, 0) is 22.7 Å². The van der Waals surface area contributed by atoms with E-state index < -0.39 is 21.9 Å². The molecule has 1 N–H and O–H groups in total. The number of sulfonamides is 1. The number of ether oxygens (including phenoxy) is 1. The summed E-state index contributed by atoms with van der Waals surface area (Å²) in [6, 6.07) is 12.9. The van der Waals surface area contributed by atoms with E-state index in [9.17, 15) is 26.9 Å². The van der Waals surface area contributed by atoms with Crippen molar-refractivity contribution in [3.63, 3.8) is 0 Å². The number of hydrogen-bond donors (Lipinski definition) is 1. The second-order valence-electron chi connectivity index (χ2n) is 7.10. The molecule has 2 aromatic heterocycles. The minimum atomic E-state index is -4.55. The molecule has 35 heavy (non-hydrogen) atoms. The Bertz CT molecular complexity index is 1490. The lowest BCUT2D eigenvalue weighted by molar-refractivity contribution is -0.141. The van der Waals surface area contributed by atoms with Crippen LogP contribution in [0.3, 0.4) is 0 Å². The maximum atomic E-state index is 13.0. The van der Waals surface area contributed by atoms with Crippen molar-refractivity contribution in [3.05, 3.63) is 70.7 Å². The average molecular weight is 520 g/mol. The molecule has 0 amide bonds. The number of aromatic nitrogens is 3. The van der Waals surface area contributed by atoms with Gasteiger partial charge in [0, 0.05) is 17.5 Å². The highest BCUT2D eigenvalue weighted by atomic mass is 32.2. The third-order valence-corrected chi connectivity index (χ3v) is 6.74. The molecule has 2 aromatic carbocycles. The lowest BCUT2D eigenvalue weighted by atomic mass is 10.1. The quantitative estimate of drug-likeness (QED) is 0.345. The second-order valence-corrected chi connectivity index (χ2v) is 9.50. The maximum absolute atomic E-state index is 13.0. The van der Waals surface area contributed by atoms with Gasteiger partial charge in [0.1, 0.15) is 17.6 Å². The number of halogens is 3. The molecule has 0 aliphatic heterocycles. The molecule has 8 nitrogen and oxygen atoms in total. The van der Waals surface area contributed by atoms with Crippen molar-refractivity contribution in [2.75, 3.05) is 4.72 Å². The van der Waals surface area contributed by atoms with Gasteiger partial charge >= 0.3 is 6.18 Å². The van der Waals surface area contributed by atoms with Gasteiger partial charge in [-0.3, -0.25) is 9.40 Å². The van der Waals surface area contributed by atoms with E-state index in [4.69, 9.17) is 4.74 Å². The molecule has 0 aliphatic rings. The Labute approximate surface area is 202 Å². The summed E-state index contributed by atoms with van der Waals surface area (Å²) in [6.07, 6.45) is -4.55. The minimum Gasteiger partial charge on any atom is -0.456 e. The van der Waals surface area contributed by atoms with Crippen molar-refractivity contribution in [1.82, 2.24) is 14.8 Å². The number of nitrogens with one attached hydrogen (secondary N) is 1. The molecule has 0 aliphatic carbocycles. The van der Waals surface area contributed by atoms with Crippen LogP contribution in [0.1, 0.15) is 18.2 Å². The standard InChI is InChI=1S/C22H16F3N5O3S2/c1-2-30-18(10-20(28-30)22(23,24)25)14-3-5-16(6-4-14)33-19-8-7-17(9-15(19)11-26)35(31,32)29-21-12-34-13-27-21/h3-10,12-13,29H,2H2,1H3. The number of nitrogens with zero attached hydrogens (tertiary/aromatic N) is 4. The fourth-order valence-electron chi connectivity index (χ4n) is 3.16. The summed E-state index contributed by atoms with van der Waals surface area (Å²) in [6.45, 7) is 1.94. The Morgan fingerprint density at radius 2 is 1.91 bits per heavy atom. The van der Waals surface area contributed by atoms with Crippen molar-refractivity contribution in [2.24, 2.45) is 0 Å². The largest absolute Gasteiger partial charge is 0.456 e. The van der Waals surface area contributed by atoms with Crippen LogP contribution in [0.4, 0.5) is 19.0 Å². The summed E-state index contributed by atoms with van der Waals surface area (Å²) in [7, 11) is -3.96. The number of alkyl halides is 3. The Morgan fingerprint density at radius 1 is 1.17 bits per heavy atom. The van der Waals surface area contributed by atoms with Crippen molar-refractivity contribution >= 4 is 27.2 Å². The third kappa shape index (κ3) is 5.28. The molecule has 4 rings (SSSR count). The van der Waals surface area contributed by atoms with Gasteiger partial charge in [-0.05, 0) is 55.5 Å². The van der Waals surface area contributed by atoms with Crippen LogP contribution in [0.25, 0.3) is 11.3 Å². The second kappa shape index (κ2) is 9.40. The number of benzene rings is 2. The van der Waals surface area contributed by atoms with E-state index in [0.29, 0.717) is 17.0 Å². The van der Waals surface area contributed by atoms with E-state index >= 15 is 0 Å². The molecule has 0 radical (unpaired) electrons. The summed E-state index contributed by atoms with van der Waals surface area (Å²) in [5.41, 5.74) is 1.27. The monoisotopic (exact) mass is 519 g/mol. The number of aryl methyl sites for hydroxylation is 1. The summed E-state index contributed by atoms with van der Waals surface area (Å²) >= 11 is 1.23. The lowest BCUT2D eigenvalue weighted by Gasteiger charge is -2.11. The highest BCUT2D eigenvalue weighted by Gasteiger charge is 2.35. The summed E-state index contributed by atoms with van der Waals surface area (Å²) < 4.78 is 73.5. The first-order chi connectivity index (χ1) is 16.6. The zero-order valence-electron chi connectivity index (χ0n) is 17.9. The third-order valence-electron chi connectivity index (χ3n) is 4.80. The minimum absolute atomic E-state index is 0.0193. The average Bonchev–Trinajstić information content (AvgIpc) is 3.49. The van der Waals surface area contributed by atoms with Gasteiger partial charge in [0.2, 0.25) is 0 Å². The number of anilines is 1. The smallest absolute Gasteiger partial charge is 0.435 e. The van der Waals surface area contributed by atoms with Gasteiger partial charge in [0.15, 0.2) is 11.5 Å². The molecule has 0 bridgehead atoms. The first-order valence-electron chi connectivity index (χ1n) is 9.99. The van der Waals surface area contributed by atoms with Crippen LogP contribution in [0.2, 0.25) is 0 Å². The van der Waals surface area contributed by atoms with Crippen molar-refractivity contribution < 1.29 is 26.3 Å². The van der Waals surface area contributed by atoms with E-state index in [-0.39, 0.29) is 28.6 Å². The van der Waals surface area contributed by atoms with E-state index in [1.54, 1.807) is 19.1 Å². The van der Waals surface area contributed by atoms with Crippen molar-refractivity contribution in [3.8, 4) is 28.8 Å². The molecule has 0 saturated heterocycles. The van der Waals surface area contributed by atoms with Crippen LogP contribution in [0.5, 0.6) is 11.5 Å². The van der Waals surface area contributed by atoms with E-state index in [0.717, 1.165) is 6.07 Å². The van der Waals surface area contributed by atoms with E-state index in [2.05, 4.69) is 14.8 Å². The molecule has 13 heteroatoms. The van der Waals surface area contributed by atoms with Crippen LogP contribution in [-0.4, -0.2) is 23.2 Å². The molecule has 0 spiro atoms. The molecular weight excluding hydrogens is 503 g/mol. The van der Waals surface area contributed by atoms with Gasteiger partial charge in [0.25, 0.3) is 10.0 Å². The van der Waals surface area contributed by atoms with Crippen LogP contribution >= 0.6 is 11.3 Å². The zero-order chi connectivity index (χ0) is 25.2. The lowest BCUT2D eigenvalue weighted by Crippen LogP contribution is -2.13. The van der Waals surface area contributed by atoms with Gasteiger partial charge in [-0.25, -0.2) is 13.4 Å². The summed E-state index contributed by atoms with van der Waals surface area (Å²) in [5, 5.41) is 14.6. The fourth-order valence-corrected chi connectivity index (χ4v) is 4.75. The molecule has 0 atom stereocenters. The summed E-state index contributed by atoms with van der Waals surface area (Å²) in [5.74, 6) is 0.589. The summed E-state index contributed by atoms with van der Waals surface area (Å²) in [4.78, 5) is 3.73. The SMILES string of the molecule is CCn1nc(C(F)(F)F)cc1-c1ccc(Oc2ccc(S(=O)(=O)Nc3cscn3)cc2C#N)cc1. The van der Waals surface area contributed by atoms with Crippen LogP contribution < -0.4 is 9.46 Å². The van der Waals surface area contributed by atoms with Gasteiger partial charge in [0.05, 0.1) is 21.7 Å². The Morgan fingerprint density at radius 3 is 2.51 bits per heavy atom. The predicted octanol–water partition coefficient (Wildman–Crippen LogP) is 5.51. The predicted molar refractivity (Wildman–Crippen MR) is 122 cm³/mol. The van der Waals surface area contributed by atoms with E-state index in [1.165, 1.54) is 57.2 Å². The Hall–Kier alpha value is -3.89. The topological polar surface area (TPSA) is 110 Å². The molecule has 0 unspecified atom stereocenters. The molecule has 0 saturated carbocycles. The molecular formula is C22H16F3N5O3S2. The Kier molecular flexibility index (Phi) is 6.51. The maximum Gasteiger partial charge on any atom is 0.435 e. The number of thiazole rings is 1. The Balaban J connectivity index is 1.56. The van der Waals surface area contributed by atoms with E-state index in [1.807, 2.05) is 6.07 Å². The van der Waals surface area contributed by atoms with Gasteiger partial charge in [-0.2, -0.15) is 23.5 Å². The molecule has 0 fully saturated rings. The van der Waals surface area contributed by atoms with Gasteiger partial charge < -0.3 is 4.74 Å². The highest BCUT2D eigenvalue weighted by molar-refractivity contribution is 7.92. The van der Waals surface area contributed by atoms with Crippen molar-refractivity contribution in [1.29, 1.82) is 5.26 Å². The first kappa shape index (κ1) is 24.2. The normalized spacial score (nSPS) is 11.7. The van der Waals surface area contributed by atoms with Crippen LogP contribution in [0, 0.1) is 11.3 Å². The molecule has 4 aromatic rings. The van der Waals surface area contributed by atoms with Crippen molar-refractivity contribution in [2.45, 2.75) is 24.5 Å². The fraction of sp³-hybridized carbons (Fsp3) is 0.136.